The van der Waals surface area contributed by atoms with E-state index in [0.29, 0.717) is 37.6 Å². The van der Waals surface area contributed by atoms with Gasteiger partial charge in [0, 0.05) is 57.4 Å². The number of amides is 2. The molecule has 1 aliphatic rings. The van der Waals surface area contributed by atoms with E-state index in [1.165, 1.54) is 0 Å². The van der Waals surface area contributed by atoms with E-state index in [9.17, 15) is 9.59 Å². The predicted octanol–water partition coefficient (Wildman–Crippen LogP) is 1.04. The van der Waals surface area contributed by atoms with Gasteiger partial charge in [-0.1, -0.05) is 6.92 Å². The van der Waals surface area contributed by atoms with Crippen LogP contribution in [0.2, 0.25) is 0 Å². The lowest BCUT2D eigenvalue weighted by molar-refractivity contribution is -0.128. The van der Waals surface area contributed by atoms with Crippen LogP contribution in [-0.4, -0.2) is 65.4 Å². The maximum absolute atomic E-state index is 12.4. The fourth-order valence-electron chi connectivity index (χ4n) is 2.92. The van der Waals surface area contributed by atoms with Gasteiger partial charge >= 0.3 is 0 Å². The molecule has 0 bridgehead atoms. The average Bonchev–Trinajstić information content (AvgIpc) is 3.08. The summed E-state index contributed by atoms with van der Waals surface area (Å²) in [6, 6.07) is 3.35. The van der Waals surface area contributed by atoms with Gasteiger partial charge in [-0.15, -0.1) is 0 Å². The van der Waals surface area contributed by atoms with Crippen molar-refractivity contribution in [1.82, 2.24) is 20.1 Å². The molecule has 2 amide bonds. The monoisotopic (exact) mass is 358 g/mol. The van der Waals surface area contributed by atoms with Crippen LogP contribution in [0.4, 0.5) is 5.82 Å². The number of aromatic nitrogens is 1. The molecule has 2 rings (SSSR count). The zero-order valence-corrected chi connectivity index (χ0v) is 15.4. The molecule has 2 heterocycles. The van der Waals surface area contributed by atoms with Crippen LogP contribution in [0.3, 0.4) is 0 Å². The maximum atomic E-state index is 12.4. The first-order chi connectivity index (χ1) is 12.5. The molecule has 1 unspecified atom stereocenters. The number of carbonyl (C=O) groups is 2. The van der Waals surface area contributed by atoms with E-state index in [2.05, 4.69) is 21.8 Å². The molecule has 1 aliphatic heterocycles. The average molecular weight is 358 g/mol. The third kappa shape index (κ3) is 5.62. The molecular weight excluding hydrogens is 332 g/mol. The SMILES string of the molecule is CCCN(CCNc1cc(C(=O)NC2CCN(C#N)C2)ccn1)C(C)=O. The smallest absolute Gasteiger partial charge is 0.251 e. The molecule has 0 aromatic carbocycles. The summed E-state index contributed by atoms with van der Waals surface area (Å²) >= 11 is 0. The molecule has 0 aliphatic carbocycles. The molecule has 1 aromatic heterocycles. The summed E-state index contributed by atoms with van der Waals surface area (Å²) < 4.78 is 0. The summed E-state index contributed by atoms with van der Waals surface area (Å²) in [5.41, 5.74) is 0.523. The summed E-state index contributed by atoms with van der Waals surface area (Å²) in [4.78, 5) is 31.6. The molecular formula is C18H26N6O2. The number of carbonyl (C=O) groups excluding carboxylic acids is 2. The predicted molar refractivity (Wildman–Crippen MR) is 98.3 cm³/mol. The van der Waals surface area contributed by atoms with Crippen LogP contribution in [0.1, 0.15) is 37.0 Å². The Hall–Kier alpha value is -2.82. The van der Waals surface area contributed by atoms with Crippen LogP contribution in [0, 0.1) is 11.5 Å². The molecule has 0 saturated carbocycles. The third-order valence-electron chi connectivity index (χ3n) is 4.31. The Labute approximate surface area is 154 Å². The van der Waals surface area contributed by atoms with Gasteiger partial charge in [0.2, 0.25) is 5.91 Å². The van der Waals surface area contributed by atoms with Crippen molar-refractivity contribution in [1.29, 1.82) is 5.26 Å². The quantitative estimate of drug-likeness (QED) is 0.673. The number of pyridine rings is 1. The van der Waals surface area contributed by atoms with E-state index >= 15 is 0 Å². The van der Waals surface area contributed by atoms with E-state index in [4.69, 9.17) is 5.26 Å². The van der Waals surface area contributed by atoms with Gasteiger partial charge in [0.1, 0.15) is 5.82 Å². The molecule has 140 valence electrons. The number of nitrogens with one attached hydrogen (secondary N) is 2. The van der Waals surface area contributed by atoms with Gasteiger partial charge in [-0.2, -0.15) is 5.26 Å². The second-order valence-electron chi connectivity index (χ2n) is 6.37. The van der Waals surface area contributed by atoms with E-state index in [1.807, 2.05) is 6.92 Å². The Morgan fingerprint density at radius 1 is 1.46 bits per heavy atom. The standard InChI is InChI=1S/C18H26N6O2/c1-3-8-24(14(2)25)10-7-21-17-11-15(4-6-20-17)18(26)22-16-5-9-23(12-16)13-19/h4,6,11,16H,3,5,7-10,12H2,1-2H3,(H,20,21)(H,22,26). The highest BCUT2D eigenvalue weighted by Gasteiger charge is 2.23. The second-order valence-corrected chi connectivity index (χ2v) is 6.37. The lowest BCUT2D eigenvalue weighted by atomic mass is 10.2. The van der Waals surface area contributed by atoms with Crippen molar-refractivity contribution in [2.24, 2.45) is 0 Å². The summed E-state index contributed by atoms with van der Waals surface area (Å²) in [5.74, 6) is 0.483. The van der Waals surface area contributed by atoms with Crippen molar-refractivity contribution < 1.29 is 9.59 Å². The first kappa shape index (κ1) is 19.5. The molecule has 1 saturated heterocycles. The highest BCUT2D eigenvalue weighted by Crippen LogP contribution is 2.11. The summed E-state index contributed by atoms with van der Waals surface area (Å²) in [6.45, 7) is 6.72. The van der Waals surface area contributed by atoms with E-state index < -0.39 is 0 Å². The van der Waals surface area contributed by atoms with Crippen molar-refractivity contribution in [3.63, 3.8) is 0 Å². The van der Waals surface area contributed by atoms with E-state index in [1.54, 1.807) is 35.1 Å². The number of hydrogen-bond donors (Lipinski definition) is 2. The molecule has 1 fully saturated rings. The Balaban J connectivity index is 1.86. The Kier molecular flexibility index (Phi) is 7.21. The zero-order valence-electron chi connectivity index (χ0n) is 15.4. The number of likely N-dealkylation sites (tertiary alicyclic amines) is 1. The molecule has 2 N–H and O–H groups in total. The van der Waals surface area contributed by atoms with E-state index in [0.717, 1.165) is 19.4 Å². The van der Waals surface area contributed by atoms with Crippen molar-refractivity contribution in [2.45, 2.75) is 32.7 Å². The molecule has 0 spiro atoms. The van der Waals surface area contributed by atoms with Crippen molar-refractivity contribution in [3.8, 4) is 6.19 Å². The highest BCUT2D eigenvalue weighted by atomic mass is 16.2. The van der Waals surface area contributed by atoms with Crippen LogP contribution in [0.15, 0.2) is 18.3 Å². The van der Waals surface area contributed by atoms with Crippen LogP contribution >= 0.6 is 0 Å². The number of anilines is 1. The minimum absolute atomic E-state index is 0.00936. The molecule has 0 radical (unpaired) electrons. The second kappa shape index (κ2) is 9.61. The van der Waals surface area contributed by atoms with Crippen molar-refractivity contribution >= 4 is 17.6 Å². The van der Waals surface area contributed by atoms with Gasteiger partial charge in [0.25, 0.3) is 5.91 Å². The van der Waals surface area contributed by atoms with Crippen molar-refractivity contribution in [2.75, 3.05) is 38.0 Å². The highest BCUT2D eigenvalue weighted by molar-refractivity contribution is 5.95. The number of hydrogen-bond acceptors (Lipinski definition) is 6. The van der Waals surface area contributed by atoms with Gasteiger partial charge < -0.3 is 20.4 Å². The van der Waals surface area contributed by atoms with Gasteiger partial charge in [0.05, 0.1) is 0 Å². The number of nitriles is 1. The van der Waals surface area contributed by atoms with Crippen LogP contribution in [0.5, 0.6) is 0 Å². The number of nitrogens with zero attached hydrogens (tertiary/aromatic N) is 4. The zero-order chi connectivity index (χ0) is 18.9. The molecule has 8 heteroatoms. The normalized spacial score (nSPS) is 16.0. The molecule has 8 nitrogen and oxygen atoms in total. The van der Waals surface area contributed by atoms with Gasteiger partial charge in [-0.05, 0) is 25.0 Å². The first-order valence-electron chi connectivity index (χ1n) is 8.94. The Bertz CT molecular complexity index is 672. The number of rotatable bonds is 8. The van der Waals surface area contributed by atoms with Gasteiger partial charge in [-0.3, -0.25) is 9.59 Å². The lowest BCUT2D eigenvalue weighted by Gasteiger charge is -2.20. The van der Waals surface area contributed by atoms with Crippen LogP contribution in [0.25, 0.3) is 0 Å². The summed E-state index contributed by atoms with van der Waals surface area (Å²) in [6.07, 6.45) is 5.37. The Morgan fingerprint density at radius 2 is 2.27 bits per heavy atom. The Morgan fingerprint density at radius 3 is 2.92 bits per heavy atom. The molecule has 26 heavy (non-hydrogen) atoms. The largest absolute Gasteiger partial charge is 0.368 e. The topological polar surface area (TPSA) is 101 Å². The molecule has 1 aromatic rings. The van der Waals surface area contributed by atoms with E-state index in [-0.39, 0.29) is 17.9 Å². The van der Waals surface area contributed by atoms with Crippen molar-refractivity contribution in [3.05, 3.63) is 23.9 Å². The first-order valence-corrected chi connectivity index (χ1v) is 8.94. The van der Waals surface area contributed by atoms with Crippen LogP contribution < -0.4 is 10.6 Å². The third-order valence-corrected chi connectivity index (χ3v) is 4.31. The fraction of sp³-hybridized carbons (Fsp3) is 0.556. The molecule has 1 atom stereocenters. The van der Waals surface area contributed by atoms with Gasteiger partial charge in [0.15, 0.2) is 6.19 Å². The fourth-order valence-corrected chi connectivity index (χ4v) is 2.92. The maximum Gasteiger partial charge on any atom is 0.251 e. The van der Waals surface area contributed by atoms with Crippen LogP contribution in [-0.2, 0) is 4.79 Å². The minimum atomic E-state index is -0.170. The minimum Gasteiger partial charge on any atom is -0.368 e. The summed E-state index contributed by atoms with van der Waals surface area (Å²) in [5, 5.41) is 15.0. The lowest BCUT2D eigenvalue weighted by Crippen LogP contribution is -2.36. The van der Waals surface area contributed by atoms with Gasteiger partial charge in [-0.25, -0.2) is 4.98 Å². The summed E-state index contributed by atoms with van der Waals surface area (Å²) in [7, 11) is 0.